The summed E-state index contributed by atoms with van der Waals surface area (Å²) < 4.78 is 0. The maximum absolute atomic E-state index is 2.50. The molecule has 1 aliphatic carbocycles. The fraction of sp³-hybridized carbons (Fsp3) is 0.0526. The molecule has 58 heavy (non-hydrogen) atoms. The van der Waals surface area contributed by atoms with Gasteiger partial charge in [-0.15, -0.1) is 0 Å². The van der Waals surface area contributed by atoms with Gasteiger partial charge in [0, 0.05) is 22.1 Å². The van der Waals surface area contributed by atoms with Crippen LogP contribution in [-0.2, 0) is 5.41 Å². The van der Waals surface area contributed by atoms with Crippen LogP contribution in [0.1, 0.15) is 25.0 Å². The van der Waals surface area contributed by atoms with Crippen LogP contribution in [0.15, 0.2) is 212 Å². The SMILES string of the molecule is CC1(C)c2cc(-c3c(-c4ccccc4)cccc3N(c3cccc(-c4cccc5ccccc45)c3)c3cccc4ccccc34)ccc2-c2ccc3ccccc3c21. The fourth-order valence-electron chi connectivity index (χ4n) is 9.74. The predicted molar refractivity (Wildman–Crippen MR) is 248 cm³/mol. The quantitative estimate of drug-likeness (QED) is 0.164. The molecule has 0 bridgehead atoms. The van der Waals surface area contributed by atoms with Gasteiger partial charge in [0.2, 0.25) is 0 Å². The lowest BCUT2D eigenvalue weighted by molar-refractivity contribution is 0.666. The molecule has 10 aromatic rings. The Hall–Kier alpha value is -7.22. The number of rotatable bonds is 6. The molecule has 274 valence electrons. The molecule has 0 unspecified atom stereocenters. The van der Waals surface area contributed by atoms with Crippen LogP contribution in [0, 0.1) is 0 Å². The third-order valence-electron chi connectivity index (χ3n) is 12.4. The van der Waals surface area contributed by atoms with Gasteiger partial charge in [0.1, 0.15) is 0 Å². The van der Waals surface area contributed by atoms with Crippen molar-refractivity contribution in [1.29, 1.82) is 0 Å². The molecule has 0 spiro atoms. The van der Waals surface area contributed by atoms with Crippen molar-refractivity contribution in [2.45, 2.75) is 19.3 Å². The molecule has 1 nitrogen and oxygen atoms in total. The molecular weight excluding hydrogens is 699 g/mol. The van der Waals surface area contributed by atoms with E-state index in [0.29, 0.717) is 0 Å². The van der Waals surface area contributed by atoms with Gasteiger partial charge in [0.25, 0.3) is 0 Å². The van der Waals surface area contributed by atoms with Gasteiger partial charge in [-0.3, -0.25) is 0 Å². The third kappa shape index (κ3) is 5.39. The lowest BCUT2D eigenvalue weighted by Crippen LogP contribution is -2.16. The molecule has 0 saturated heterocycles. The molecule has 0 amide bonds. The maximum atomic E-state index is 2.50. The van der Waals surface area contributed by atoms with Crippen LogP contribution in [0.2, 0.25) is 0 Å². The van der Waals surface area contributed by atoms with E-state index in [4.69, 9.17) is 0 Å². The van der Waals surface area contributed by atoms with E-state index in [1.165, 1.54) is 88.0 Å². The topological polar surface area (TPSA) is 3.24 Å². The Kier molecular flexibility index (Phi) is 7.91. The van der Waals surface area contributed by atoms with Crippen LogP contribution in [0.25, 0.3) is 76.8 Å². The zero-order valence-electron chi connectivity index (χ0n) is 32.7. The Balaban J connectivity index is 1.19. The van der Waals surface area contributed by atoms with Crippen molar-refractivity contribution in [3.63, 3.8) is 0 Å². The molecule has 11 rings (SSSR count). The van der Waals surface area contributed by atoms with Crippen molar-refractivity contribution < 1.29 is 0 Å². The van der Waals surface area contributed by atoms with Gasteiger partial charge in [-0.2, -0.15) is 0 Å². The summed E-state index contributed by atoms with van der Waals surface area (Å²) in [6.45, 7) is 4.80. The van der Waals surface area contributed by atoms with Crippen molar-refractivity contribution in [2.75, 3.05) is 4.90 Å². The van der Waals surface area contributed by atoms with Crippen molar-refractivity contribution >= 4 is 49.4 Å². The normalized spacial score (nSPS) is 12.8. The summed E-state index contributed by atoms with van der Waals surface area (Å²) in [6.07, 6.45) is 0. The summed E-state index contributed by atoms with van der Waals surface area (Å²) in [6, 6.07) is 78.3. The number of hydrogen-bond acceptors (Lipinski definition) is 1. The number of fused-ring (bicyclic) bond motifs is 7. The van der Waals surface area contributed by atoms with Crippen LogP contribution in [0.5, 0.6) is 0 Å². The Morgan fingerprint density at radius 1 is 0.345 bits per heavy atom. The molecular formula is C57H41N. The summed E-state index contributed by atoms with van der Waals surface area (Å²) >= 11 is 0. The molecule has 0 radical (unpaired) electrons. The molecule has 0 aromatic heterocycles. The van der Waals surface area contributed by atoms with Gasteiger partial charge in [0.05, 0.1) is 11.4 Å². The van der Waals surface area contributed by atoms with Crippen LogP contribution in [-0.4, -0.2) is 0 Å². The number of anilines is 3. The van der Waals surface area contributed by atoms with Gasteiger partial charge >= 0.3 is 0 Å². The minimum absolute atomic E-state index is 0.189. The van der Waals surface area contributed by atoms with E-state index in [1.807, 2.05) is 0 Å². The first-order valence-corrected chi connectivity index (χ1v) is 20.3. The summed E-state index contributed by atoms with van der Waals surface area (Å²) in [5, 5.41) is 7.52. The number of nitrogens with zero attached hydrogens (tertiary/aromatic N) is 1. The Bertz CT molecular complexity index is 3200. The Morgan fingerprint density at radius 3 is 1.72 bits per heavy atom. The smallest absolute Gasteiger partial charge is 0.0546 e. The average molecular weight is 740 g/mol. The fourth-order valence-corrected chi connectivity index (χ4v) is 9.74. The van der Waals surface area contributed by atoms with E-state index in [-0.39, 0.29) is 5.41 Å². The lowest BCUT2D eigenvalue weighted by Gasteiger charge is -2.31. The monoisotopic (exact) mass is 739 g/mol. The highest BCUT2D eigenvalue weighted by Gasteiger charge is 2.37. The van der Waals surface area contributed by atoms with E-state index in [1.54, 1.807) is 0 Å². The minimum atomic E-state index is -0.189. The Morgan fingerprint density at radius 2 is 0.914 bits per heavy atom. The van der Waals surface area contributed by atoms with Crippen LogP contribution in [0.4, 0.5) is 17.1 Å². The Labute approximate surface area is 340 Å². The zero-order chi connectivity index (χ0) is 38.8. The molecule has 1 heteroatoms. The largest absolute Gasteiger partial charge is 0.309 e. The highest BCUT2D eigenvalue weighted by Crippen LogP contribution is 2.54. The molecule has 10 aromatic carbocycles. The first-order valence-electron chi connectivity index (χ1n) is 20.3. The number of hydrogen-bond donors (Lipinski definition) is 0. The van der Waals surface area contributed by atoms with E-state index < -0.39 is 0 Å². The summed E-state index contributed by atoms with van der Waals surface area (Å²) in [4.78, 5) is 2.50. The molecule has 0 atom stereocenters. The summed E-state index contributed by atoms with van der Waals surface area (Å²) in [7, 11) is 0. The molecule has 0 aliphatic heterocycles. The van der Waals surface area contributed by atoms with E-state index in [9.17, 15) is 0 Å². The van der Waals surface area contributed by atoms with Gasteiger partial charge < -0.3 is 4.90 Å². The maximum Gasteiger partial charge on any atom is 0.0546 e. The second kappa shape index (κ2) is 13.5. The molecule has 1 aliphatic rings. The van der Waals surface area contributed by atoms with Gasteiger partial charge in [-0.05, 0) is 107 Å². The molecule has 0 saturated carbocycles. The average Bonchev–Trinajstić information content (AvgIpc) is 3.52. The first kappa shape index (κ1) is 34.1. The highest BCUT2D eigenvalue weighted by molar-refractivity contribution is 6.05. The third-order valence-corrected chi connectivity index (χ3v) is 12.4. The number of benzene rings is 10. The summed E-state index contributed by atoms with van der Waals surface area (Å²) in [5.41, 5.74) is 15.8. The van der Waals surface area contributed by atoms with Gasteiger partial charge in [0.15, 0.2) is 0 Å². The standard InChI is InChI=1S/C57H41N/c1-57(2)52-37-43(33-34-50(52)51-35-32-41-20-8-11-27-49(41)56(51)57)55-48(40-16-4-3-5-17-40)29-15-31-54(55)58(53-30-14-22-39-19-7-10-26-47(39)53)44-24-12-23-42(36-44)46-28-13-21-38-18-6-9-25-45(38)46/h3-37H,1-2H3. The highest BCUT2D eigenvalue weighted by atomic mass is 15.1. The van der Waals surface area contributed by atoms with Crippen LogP contribution in [0.3, 0.4) is 0 Å². The second-order valence-electron chi connectivity index (χ2n) is 16.1. The zero-order valence-corrected chi connectivity index (χ0v) is 32.7. The van der Waals surface area contributed by atoms with E-state index in [2.05, 4.69) is 231 Å². The van der Waals surface area contributed by atoms with Crippen molar-refractivity contribution in [3.8, 4) is 44.5 Å². The van der Waals surface area contributed by atoms with Crippen LogP contribution < -0.4 is 4.90 Å². The van der Waals surface area contributed by atoms with E-state index in [0.717, 1.165) is 17.1 Å². The predicted octanol–water partition coefficient (Wildman–Crippen LogP) is 15.9. The van der Waals surface area contributed by atoms with E-state index >= 15 is 0 Å². The summed E-state index contributed by atoms with van der Waals surface area (Å²) in [5.74, 6) is 0. The van der Waals surface area contributed by atoms with Crippen molar-refractivity contribution in [3.05, 3.63) is 223 Å². The minimum Gasteiger partial charge on any atom is -0.309 e. The molecule has 0 heterocycles. The lowest BCUT2D eigenvalue weighted by atomic mass is 9.79. The van der Waals surface area contributed by atoms with Crippen LogP contribution >= 0.6 is 0 Å². The van der Waals surface area contributed by atoms with Crippen molar-refractivity contribution in [1.82, 2.24) is 0 Å². The molecule has 0 fully saturated rings. The van der Waals surface area contributed by atoms with Gasteiger partial charge in [-0.25, -0.2) is 0 Å². The first-order chi connectivity index (χ1) is 28.5. The second-order valence-corrected chi connectivity index (χ2v) is 16.1. The van der Waals surface area contributed by atoms with Gasteiger partial charge in [-0.1, -0.05) is 196 Å². The van der Waals surface area contributed by atoms with Crippen molar-refractivity contribution in [2.24, 2.45) is 0 Å². The molecule has 0 N–H and O–H groups in total.